The van der Waals surface area contributed by atoms with Gasteiger partial charge in [-0.25, -0.2) is 4.79 Å². The molecule has 1 fully saturated rings. The average molecular weight is 352 g/mol. The number of nitrogens with zero attached hydrogens (tertiary/aromatic N) is 2. The van der Waals surface area contributed by atoms with Crippen LogP contribution in [0.15, 0.2) is 54.6 Å². The molecule has 1 aliphatic rings. The van der Waals surface area contributed by atoms with Crippen molar-refractivity contribution in [3.05, 3.63) is 60.2 Å². The van der Waals surface area contributed by atoms with Crippen molar-refractivity contribution in [3.63, 3.8) is 0 Å². The molecule has 0 radical (unpaired) electrons. The van der Waals surface area contributed by atoms with Crippen molar-refractivity contribution >= 4 is 17.4 Å². The van der Waals surface area contributed by atoms with Gasteiger partial charge in [-0.3, -0.25) is 4.90 Å². The Morgan fingerprint density at radius 1 is 1.00 bits per heavy atom. The van der Waals surface area contributed by atoms with E-state index in [4.69, 9.17) is 0 Å². The molecule has 0 unspecified atom stereocenters. The van der Waals surface area contributed by atoms with E-state index in [0.717, 1.165) is 50.4 Å². The molecule has 2 aromatic carbocycles. The number of hydrogen-bond donors (Lipinski definition) is 2. The van der Waals surface area contributed by atoms with Crippen molar-refractivity contribution < 1.29 is 4.79 Å². The molecule has 1 heterocycles. The number of benzene rings is 2. The molecular formula is C21H28N4O. The molecule has 0 aromatic heterocycles. The molecular weight excluding hydrogens is 324 g/mol. The van der Waals surface area contributed by atoms with Gasteiger partial charge in [-0.1, -0.05) is 30.3 Å². The fourth-order valence-corrected chi connectivity index (χ4v) is 3.27. The van der Waals surface area contributed by atoms with Crippen LogP contribution in [0.2, 0.25) is 0 Å². The van der Waals surface area contributed by atoms with Gasteiger partial charge in [-0.2, -0.15) is 0 Å². The first kappa shape index (κ1) is 18.3. The van der Waals surface area contributed by atoms with E-state index in [2.05, 4.69) is 50.8 Å². The van der Waals surface area contributed by atoms with Crippen LogP contribution in [-0.2, 0) is 0 Å². The first-order valence-electron chi connectivity index (χ1n) is 9.34. The third-order valence-corrected chi connectivity index (χ3v) is 4.71. The molecule has 2 N–H and O–H groups in total. The van der Waals surface area contributed by atoms with Gasteiger partial charge in [0.15, 0.2) is 0 Å². The van der Waals surface area contributed by atoms with Crippen LogP contribution in [0.3, 0.4) is 0 Å². The molecule has 5 nitrogen and oxygen atoms in total. The van der Waals surface area contributed by atoms with Gasteiger partial charge in [0.1, 0.15) is 0 Å². The SMILES string of the molecule is Cc1cccc(NC(=O)NCCCN2CCN(c3ccccc3)CC2)c1. The van der Waals surface area contributed by atoms with Crippen LogP contribution in [0.5, 0.6) is 0 Å². The fourth-order valence-electron chi connectivity index (χ4n) is 3.27. The summed E-state index contributed by atoms with van der Waals surface area (Å²) in [7, 11) is 0. The van der Waals surface area contributed by atoms with Gasteiger partial charge < -0.3 is 15.5 Å². The Morgan fingerprint density at radius 2 is 1.77 bits per heavy atom. The lowest BCUT2D eigenvalue weighted by Gasteiger charge is -2.36. The van der Waals surface area contributed by atoms with Crippen LogP contribution >= 0.6 is 0 Å². The Bertz CT molecular complexity index is 696. The van der Waals surface area contributed by atoms with Crippen LogP contribution in [0.25, 0.3) is 0 Å². The zero-order chi connectivity index (χ0) is 18.2. The molecule has 2 aromatic rings. The molecule has 0 aliphatic carbocycles. The average Bonchev–Trinajstić information content (AvgIpc) is 2.66. The van der Waals surface area contributed by atoms with Crippen molar-refractivity contribution in [2.75, 3.05) is 49.5 Å². The Labute approximate surface area is 156 Å². The number of anilines is 2. The topological polar surface area (TPSA) is 47.6 Å². The van der Waals surface area contributed by atoms with Crippen LogP contribution in [0, 0.1) is 6.92 Å². The number of para-hydroxylation sites is 1. The summed E-state index contributed by atoms with van der Waals surface area (Å²) in [5.74, 6) is 0. The number of hydrogen-bond acceptors (Lipinski definition) is 3. The van der Waals surface area contributed by atoms with Crippen LogP contribution in [0.4, 0.5) is 16.2 Å². The number of carbonyl (C=O) groups is 1. The number of carbonyl (C=O) groups excluding carboxylic acids is 1. The molecule has 138 valence electrons. The molecule has 1 aliphatic heterocycles. The number of urea groups is 1. The summed E-state index contributed by atoms with van der Waals surface area (Å²) in [6, 6.07) is 18.3. The van der Waals surface area contributed by atoms with Gasteiger partial charge in [0.2, 0.25) is 0 Å². The van der Waals surface area contributed by atoms with E-state index in [0.29, 0.717) is 6.54 Å². The molecule has 0 saturated carbocycles. The van der Waals surface area contributed by atoms with Gasteiger partial charge in [0.05, 0.1) is 0 Å². The van der Waals surface area contributed by atoms with Crippen molar-refractivity contribution in [2.24, 2.45) is 0 Å². The maximum absolute atomic E-state index is 11.9. The molecule has 5 heteroatoms. The predicted octanol–water partition coefficient (Wildman–Crippen LogP) is 3.33. The van der Waals surface area contributed by atoms with Crippen LogP contribution in [0.1, 0.15) is 12.0 Å². The standard InChI is InChI=1S/C21H28N4O/c1-18-7-5-8-19(17-18)23-21(26)22-11-6-12-24-13-15-25(16-14-24)20-9-3-2-4-10-20/h2-5,7-10,17H,6,11-16H2,1H3,(H2,22,23,26). The largest absolute Gasteiger partial charge is 0.369 e. The lowest BCUT2D eigenvalue weighted by Crippen LogP contribution is -2.47. The van der Waals surface area contributed by atoms with Crippen molar-refractivity contribution in [1.82, 2.24) is 10.2 Å². The van der Waals surface area contributed by atoms with Gasteiger partial charge in [0, 0.05) is 44.1 Å². The fraction of sp³-hybridized carbons (Fsp3) is 0.381. The van der Waals surface area contributed by atoms with E-state index in [9.17, 15) is 4.79 Å². The van der Waals surface area contributed by atoms with E-state index in [1.54, 1.807) is 0 Å². The molecule has 0 bridgehead atoms. The summed E-state index contributed by atoms with van der Waals surface area (Å²) in [5.41, 5.74) is 3.28. The van der Waals surface area contributed by atoms with E-state index < -0.39 is 0 Å². The van der Waals surface area contributed by atoms with E-state index in [1.807, 2.05) is 31.2 Å². The maximum Gasteiger partial charge on any atom is 0.319 e. The molecule has 26 heavy (non-hydrogen) atoms. The zero-order valence-corrected chi connectivity index (χ0v) is 15.4. The van der Waals surface area contributed by atoms with Crippen molar-refractivity contribution in [3.8, 4) is 0 Å². The minimum absolute atomic E-state index is 0.135. The minimum Gasteiger partial charge on any atom is -0.369 e. The van der Waals surface area contributed by atoms with Crippen LogP contribution in [-0.4, -0.2) is 50.2 Å². The normalized spacial score (nSPS) is 14.9. The zero-order valence-electron chi connectivity index (χ0n) is 15.4. The second-order valence-electron chi connectivity index (χ2n) is 6.77. The van der Waals surface area contributed by atoms with Gasteiger partial charge in [-0.15, -0.1) is 0 Å². The number of piperazine rings is 1. The van der Waals surface area contributed by atoms with E-state index in [-0.39, 0.29) is 6.03 Å². The number of amides is 2. The predicted molar refractivity (Wildman–Crippen MR) is 108 cm³/mol. The summed E-state index contributed by atoms with van der Waals surface area (Å²) in [6.07, 6.45) is 0.965. The summed E-state index contributed by atoms with van der Waals surface area (Å²) in [4.78, 5) is 16.8. The Kier molecular flexibility index (Phi) is 6.50. The highest BCUT2D eigenvalue weighted by molar-refractivity contribution is 5.89. The molecule has 1 saturated heterocycles. The number of aryl methyl sites for hydroxylation is 1. The number of rotatable bonds is 6. The summed E-state index contributed by atoms with van der Waals surface area (Å²) >= 11 is 0. The first-order chi connectivity index (χ1) is 12.7. The quantitative estimate of drug-likeness (QED) is 0.784. The summed E-state index contributed by atoms with van der Waals surface area (Å²) in [6.45, 7) is 8.00. The highest BCUT2D eigenvalue weighted by atomic mass is 16.2. The molecule has 0 spiro atoms. The van der Waals surface area contributed by atoms with Crippen molar-refractivity contribution in [1.29, 1.82) is 0 Å². The highest BCUT2D eigenvalue weighted by Crippen LogP contribution is 2.15. The highest BCUT2D eigenvalue weighted by Gasteiger charge is 2.16. The first-order valence-corrected chi connectivity index (χ1v) is 9.34. The molecule has 2 amide bonds. The monoisotopic (exact) mass is 352 g/mol. The van der Waals surface area contributed by atoms with Gasteiger partial charge >= 0.3 is 6.03 Å². The Morgan fingerprint density at radius 3 is 2.50 bits per heavy atom. The summed E-state index contributed by atoms with van der Waals surface area (Å²) < 4.78 is 0. The lowest BCUT2D eigenvalue weighted by molar-refractivity contribution is 0.244. The second-order valence-corrected chi connectivity index (χ2v) is 6.77. The number of nitrogens with one attached hydrogen (secondary N) is 2. The third-order valence-electron chi connectivity index (χ3n) is 4.71. The van der Waals surface area contributed by atoms with Crippen molar-refractivity contribution in [2.45, 2.75) is 13.3 Å². The maximum atomic E-state index is 11.9. The van der Waals surface area contributed by atoms with E-state index in [1.165, 1.54) is 5.69 Å². The molecule has 3 rings (SSSR count). The third kappa shape index (κ3) is 5.49. The van der Waals surface area contributed by atoms with E-state index >= 15 is 0 Å². The Hall–Kier alpha value is -2.53. The van der Waals surface area contributed by atoms with Gasteiger partial charge in [0.25, 0.3) is 0 Å². The van der Waals surface area contributed by atoms with Crippen LogP contribution < -0.4 is 15.5 Å². The van der Waals surface area contributed by atoms with Gasteiger partial charge in [-0.05, 0) is 49.7 Å². The molecule has 0 atom stereocenters. The second kappa shape index (κ2) is 9.25. The minimum atomic E-state index is -0.135. The Balaban J connectivity index is 1.30. The smallest absolute Gasteiger partial charge is 0.319 e. The summed E-state index contributed by atoms with van der Waals surface area (Å²) in [5, 5.41) is 5.81. The lowest BCUT2D eigenvalue weighted by atomic mass is 10.2.